The number of pyridine rings is 1. The monoisotopic (exact) mass is 205 g/mol. The zero-order valence-corrected chi connectivity index (χ0v) is 8.60. The molecule has 2 fully saturated rings. The van der Waals surface area contributed by atoms with Gasteiger partial charge in [-0.1, -0.05) is 0 Å². The van der Waals surface area contributed by atoms with Crippen molar-refractivity contribution in [1.82, 2.24) is 4.98 Å². The van der Waals surface area contributed by atoms with Crippen molar-refractivity contribution in [3.63, 3.8) is 0 Å². The second-order valence-corrected chi connectivity index (χ2v) is 4.27. The number of fused-ring (bicyclic) bond motifs is 2. The number of rotatable bonds is 1. The van der Waals surface area contributed by atoms with Gasteiger partial charge in [-0.25, -0.2) is 4.98 Å². The first-order valence-electron chi connectivity index (χ1n) is 5.42. The maximum atomic E-state index is 5.59. The van der Waals surface area contributed by atoms with E-state index in [1.165, 1.54) is 18.5 Å². The lowest BCUT2D eigenvalue weighted by Gasteiger charge is -2.36. The lowest BCUT2D eigenvalue weighted by molar-refractivity contribution is 0.0906. The van der Waals surface area contributed by atoms with Crippen LogP contribution in [-0.2, 0) is 4.74 Å². The first-order valence-corrected chi connectivity index (χ1v) is 5.42. The van der Waals surface area contributed by atoms with Crippen molar-refractivity contribution in [2.75, 3.05) is 23.8 Å². The van der Waals surface area contributed by atoms with Gasteiger partial charge < -0.3 is 15.4 Å². The topological polar surface area (TPSA) is 51.4 Å². The van der Waals surface area contributed by atoms with Crippen LogP contribution in [0.4, 0.5) is 11.5 Å². The normalized spacial score (nSPS) is 29.5. The van der Waals surface area contributed by atoms with E-state index >= 15 is 0 Å². The minimum absolute atomic E-state index is 0.536. The van der Waals surface area contributed by atoms with Gasteiger partial charge in [0, 0.05) is 0 Å². The van der Waals surface area contributed by atoms with E-state index in [9.17, 15) is 0 Å². The molecule has 15 heavy (non-hydrogen) atoms. The van der Waals surface area contributed by atoms with Crippen molar-refractivity contribution in [3.8, 4) is 0 Å². The fourth-order valence-corrected chi connectivity index (χ4v) is 2.60. The Morgan fingerprint density at radius 3 is 2.60 bits per heavy atom. The van der Waals surface area contributed by atoms with E-state index in [0.717, 1.165) is 13.2 Å². The molecule has 4 heteroatoms. The first kappa shape index (κ1) is 8.97. The molecular weight excluding hydrogens is 190 g/mol. The molecule has 2 N–H and O–H groups in total. The molecule has 0 saturated carbocycles. The van der Waals surface area contributed by atoms with Crippen molar-refractivity contribution in [2.45, 2.75) is 24.9 Å². The molecule has 2 atom stereocenters. The minimum atomic E-state index is 0.536. The van der Waals surface area contributed by atoms with Crippen LogP contribution in [0.1, 0.15) is 12.8 Å². The van der Waals surface area contributed by atoms with Gasteiger partial charge in [0.1, 0.15) is 5.82 Å². The fraction of sp³-hybridized carbons (Fsp3) is 0.545. The van der Waals surface area contributed by atoms with Gasteiger partial charge in [-0.05, 0) is 25.0 Å². The van der Waals surface area contributed by atoms with E-state index in [1.54, 1.807) is 0 Å². The fourth-order valence-electron chi connectivity index (χ4n) is 2.60. The van der Waals surface area contributed by atoms with Gasteiger partial charge >= 0.3 is 0 Å². The second kappa shape index (κ2) is 3.38. The summed E-state index contributed by atoms with van der Waals surface area (Å²) in [7, 11) is 0. The number of aromatic nitrogens is 1. The van der Waals surface area contributed by atoms with Crippen LogP contribution in [0.15, 0.2) is 18.3 Å². The molecule has 3 rings (SSSR count). The molecule has 0 amide bonds. The molecular formula is C11H15N3O. The van der Waals surface area contributed by atoms with E-state index in [1.807, 2.05) is 12.3 Å². The number of nitrogen functional groups attached to an aromatic ring is 1. The summed E-state index contributed by atoms with van der Waals surface area (Å²) in [5.41, 5.74) is 6.77. The van der Waals surface area contributed by atoms with Gasteiger partial charge in [0.15, 0.2) is 0 Å². The molecule has 2 bridgehead atoms. The van der Waals surface area contributed by atoms with Gasteiger partial charge in [0.25, 0.3) is 0 Å². The molecule has 2 aliphatic rings. The summed E-state index contributed by atoms with van der Waals surface area (Å²) < 4.78 is 5.55. The number of hydrogen-bond donors (Lipinski definition) is 1. The third-order valence-electron chi connectivity index (χ3n) is 3.31. The lowest BCUT2D eigenvalue weighted by Crippen LogP contribution is -2.45. The second-order valence-electron chi connectivity index (χ2n) is 4.27. The number of morpholine rings is 1. The number of nitrogens with two attached hydrogens (primary N) is 1. The van der Waals surface area contributed by atoms with Crippen molar-refractivity contribution in [2.24, 2.45) is 0 Å². The summed E-state index contributed by atoms with van der Waals surface area (Å²) in [5, 5.41) is 0. The quantitative estimate of drug-likeness (QED) is 0.744. The van der Waals surface area contributed by atoms with Crippen molar-refractivity contribution < 1.29 is 4.74 Å². The molecule has 3 heterocycles. The molecule has 0 spiro atoms. The SMILES string of the molecule is Nc1ccc(N2C3CCC2COC3)cn1. The maximum absolute atomic E-state index is 5.59. The predicted molar refractivity (Wildman–Crippen MR) is 58.8 cm³/mol. The molecule has 80 valence electrons. The summed E-state index contributed by atoms with van der Waals surface area (Å²) in [5.74, 6) is 0.583. The van der Waals surface area contributed by atoms with Crippen molar-refractivity contribution in [1.29, 1.82) is 0 Å². The van der Waals surface area contributed by atoms with Gasteiger partial charge in [-0.3, -0.25) is 0 Å². The van der Waals surface area contributed by atoms with Crippen LogP contribution >= 0.6 is 0 Å². The average Bonchev–Trinajstić information content (AvgIpc) is 2.51. The Labute approximate surface area is 89.0 Å². The smallest absolute Gasteiger partial charge is 0.123 e. The molecule has 2 saturated heterocycles. The largest absolute Gasteiger partial charge is 0.384 e. The average molecular weight is 205 g/mol. The standard InChI is InChI=1S/C11H15N3O/c12-11-4-3-8(5-13-11)14-9-1-2-10(14)7-15-6-9/h3-5,9-10H,1-2,6-7H2,(H2,12,13). The van der Waals surface area contributed by atoms with E-state index in [4.69, 9.17) is 10.5 Å². The number of anilines is 2. The summed E-state index contributed by atoms with van der Waals surface area (Å²) in [6.07, 6.45) is 4.33. The van der Waals surface area contributed by atoms with E-state index < -0.39 is 0 Å². The Hall–Kier alpha value is -1.29. The highest BCUT2D eigenvalue weighted by Crippen LogP contribution is 2.33. The Morgan fingerprint density at radius 1 is 1.27 bits per heavy atom. The Morgan fingerprint density at radius 2 is 2.00 bits per heavy atom. The van der Waals surface area contributed by atoms with Crippen LogP contribution in [0.5, 0.6) is 0 Å². The predicted octanol–water partition coefficient (Wildman–Crippen LogP) is 1.03. The van der Waals surface area contributed by atoms with Crippen molar-refractivity contribution >= 4 is 11.5 Å². The summed E-state index contributed by atoms with van der Waals surface area (Å²) >= 11 is 0. The number of hydrogen-bond acceptors (Lipinski definition) is 4. The third-order valence-corrected chi connectivity index (χ3v) is 3.31. The summed E-state index contributed by atoms with van der Waals surface area (Å²) in [4.78, 5) is 6.59. The number of ether oxygens (including phenoxy) is 1. The van der Waals surface area contributed by atoms with Crippen LogP contribution < -0.4 is 10.6 Å². The van der Waals surface area contributed by atoms with E-state index in [-0.39, 0.29) is 0 Å². The van der Waals surface area contributed by atoms with E-state index in [2.05, 4.69) is 16.0 Å². The molecule has 0 radical (unpaired) electrons. The third kappa shape index (κ3) is 1.45. The molecule has 2 unspecified atom stereocenters. The zero-order chi connectivity index (χ0) is 10.3. The number of nitrogens with zero attached hydrogens (tertiary/aromatic N) is 2. The highest BCUT2D eigenvalue weighted by atomic mass is 16.5. The summed E-state index contributed by atoms with van der Waals surface area (Å²) in [6.45, 7) is 1.70. The van der Waals surface area contributed by atoms with Crippen LogP contribution in [0, 0.1) is 0 Å². The molecule has 2 aliphatic heterocycles. The minimum Gasteiger partial charge on any atom is -0.384 e. The lowest BCUT2D eigenvalue weighted by atomic mass is 10.2. The van der Waals surface area contributed by atoms with Crippen LogP contribution in [0.3, 0.4) is 0 Å². The van der Waals surface area contributed by atoms with Crippen LogP contribution in [-0.4, -0.2) is 30.3 Å². The maximum Gasteiger partial charge on any atom is 0.123 e. The molecule has 1 aromatic heterocycles. The van der Waals surface area contributed by atoms with Gasteiger partial charge in [0.2, 0.25) is 0 Å². The van der Waals surface area contributed by atoms with Gasteiger partial charge in [0.05, 0.1) is 37.2 Å². The highest BCUT2D eigenvalue weighted by molar-refractivity contribution is 5.51. The van der Waals surface area contributed by atoms with Crippen LogP contribution in [0.2, 0.25) is 0 Å². The molecule has 0 aliphatic carbocycles. The van der Waals surface area contributed by atoms with Gasteiger partial charge in [-0.15, -0.1) is 0 Å². The van der Waals surface area contributed by atoms with E-state index in [0.29, 0.717) is 17.9 Å². The first-order chi connectivity index (χ1) is 7.34. The summed E-state index contributed by atoms with van der Waals surface area (Å²) in [6, 6.07) is 4.99. The molecule has 1 aromatic rings. The van der Waals surface area contributed by atoms with Crippen LogP contribution in [0.25, 0.3) is 0 Å². The Kier molecular flexibility index (Phi) is 2.02. The zero-order valence-electron chi connectivity index (χ0n) is 8.60. The molecule has 0 aromatic carbocycles. The van der Waals surface area contributed by atoms with Crippen molar-refractivity contribution in [3.05, 3.63) is 18.3 Å². The molecule has 4 nitrogen and oxygen atoms in total. The highest BCUT2D eigenvalue weighted by Gasteiger charge is 2.37. The Bertz CT molecular complexity index is 335. The van der Waals surface area contributed by atoms with Gasteiger partial charge in [-0.2, -0.15) is 0 Å². The Balaban J connectivity index is 1.90.